The Bertz CT molecular complexity index is 720. The van der Waals surface area contributed by atoms with Gasteiger partial charge < -0.3 is 101 Å². The van der Waals surface area contributed by atoms with E-state index in [0.717, 1.165) is 0 Å². The van der Waals surface area contributed by atoms with E-state index in [-0.39, 0.29) is 41.7 Å². The largest absolute Gasteiger partial charge is 4.00 e. The van der Waals surface area contributed by atoms with Crippen molar-refractivity contribution < 1.29 is 81.2 Å². The first-order chi connectivity index (χ1) is 26.9. The fourth-order valence-corrected chi connectivity index (χ4v) is 5.29. The molecular weight excluding hydrogens is 925 g/mol. The van der Waals surface area contributed by atoms with Crippen molar-refractivity contribution in [2.24, 2.45) is 0 Å². The van der Waals surface area contributed by atoms with Crippen molar-refractivity contribution in [1.82, 2.24) is 0 Å². The summed E-state index contributed by atoms with van der Waals surface area (Å²) in [5.74, 6) is 0. The van der Waals surface area contributed by atoms with Crippen LogP contribution in [0.15, 0.2) is 0 Å². The van der Waals surface area contributed by atoms with E-state index in [4.69, 9.17) is 91.9 Å². The van der Waals surface area contributed by atoms with Crippen molar-refractivity contribution in [3.8, 4) is 0 Å². The van der Waals surface area contributed by atoms with Gasteiger partial charge in [-0.2, -0.15) is 0 Å². The number of nitrogens with zero attached hydrogens (tertiary/aromatic N) is 8. The molecule has 0 saturated heterocycles. The number of hydrogen-bond donors (Lipinski definition) is 0. The summed E-state index contributed by atoms with van der Waals surface area (Å²) >= 11 is 0. The quantitative estimate of drug-likeness (QED) is 0.0496. The molecule has 27 heteroatoms. The van der Waals surface area contributed by atoms with Gasteiger partial charge in [0.1, 0.15) is 0 Å². The van der Waals surface area contributed by atoms with E-state index >= 15 is 0 Å². The Balaban J connectivity index is -0.0000000778. The smallest absolute Gasteiger partial charge is 0.356 e. The van der Waals surface area contributed by atoms with Crippen LogP contribution in [0.5, 0.6) is 0 Å². The van der Waals surface area contributed by atoms with Gasteiger partial charge in [0.25, 0.3) is 0 Å². The summed E-state index contributed by atoms with van der Waals surface area (Å²) in [6.07, 6.45) is 22.1. The maximum atomic E-state index is 8.25. The molecule has 0 spiro atoms. The van der Waals surface area contributed by atoms with Crippen LogP contribution < -0.4 is 0 Å². The van der Waals surface area contributed by atoms with E-state index in [1.807, 2.05) is 0 Å². The molecule has 0 N–H and O–H groups in total. The molecule has 0 fully saturated rings. The van der Waals surface area contributed by atoms with Crippen molar-refractivity contribution in [2.45, 2.75) is 158 Å². The number of rotatable bonds is 24. The predicted molar refractivity (Wildman–Crippen MR) is 221 cm³/mol. The van der Waals surface area contributed by atoms with Crippen LogP contribution in [0.1, 0.15) is 158 Å². The number of quaternary nitrogens is 2. The molecule has 0 radical (unpaired) electrons. The average molecular weight is 997 g/mol. The van der Waals surface area contributed by atoms with E-state index in [0.29, 0.717) is 0 Å². The SMILES string of the molecule is CCCC[N+](CCCC)(CCCC)CCCC.CCCC[N+](CCCC)(CCCC)CCCC.O=[N+]([O-])[O-].O=[N+]([O-])[O-].O=[N+]([O-])[O-].O=[N+]([O-])[O-].O=[N+]([O-])[O-].O=[N+]([O-])[O-].[Ce+4]. The molecule has 59 heavy (non-hydrogen) atoms. The first kappa shape index (κ1) is 76.2. The first-order valence-electron chi connectivity index (χ1n) is 19.5. The van der Waals surface area contributed by atoms with E-state index in [1.54, 1.807) is 0 Å². The first-order valence-corrected chi connectivity index (χ1v) is 19.5. The maximum Gasteiger partial charge on any atom is 4.00 e. The van der Waals surface area contributed by atoms with Crippen LogP contribution in [0.3, 0.4) is 0 Å². The third kappa shape index (κ3) is 113. The molecule has 352 valence electrons. The minimum atomic E-state index is -1.75. The summed E-state index contributed by atoms with van der Waals surface area (Å²) in [5, 5.41) is 88.5. The molecule has 26 nitrogen and oxygen atoms in total. The summed E-state index contributed by atoms with van der Waals surface area (Å²) in [6, 6.07) is 0. The molecule has 0 aliphatic rings. The summed E-state index contributed by atoms with van der Waals surface area (Å²) < 4.78 is 2.84. The van der Waals surface area contributed by atoms with Crippen LogP contribution >= 0.6 is 0 Å². The fraction of sp³-hybridized carbons (Fsp3) is 1.00. The maximum absolute atomic E-state index is 8.25. The summed E-state index contributed by atoms with van der Waals surface area (Å²) in [5.41, 5.74) is 0. The molecule has 0 aromatic rings. The van der Waals surface area contributed by atoms with Gasteiger partial charge in [-0.15, -0.1) is 0 Å². The third-order valence-electron chi connectivity index (χ3n) is 7.89. The molecule has 0 heterocycles. The molecule has 0 aliphatic heterocycles. The Hall–Kier alpha value is -3.50. The van der Waals surface area contributed by atoms with Gasteiger partial charge in [-0.25, -0.2) is 0 Å². The van der Waals surface area contributed by atoms with Crippen LogP contribution in [-0.4, -0.2) is 91.8 Å². The van der Waals surface area contributed by atoms with Crippen molar-refractivity contribution in [3.05, 3.63) is 91.9 Å². The Morgan fingerprint density at radius 2 is 0.322 bits per heavy atom. The second-order valence-corrected chi connectivity index (χ2v) is 12.6. The van der Waals surface area contributed by atoms with Crippen molar-refractivity contribution in [1.29, 1.82) is 0 Å². The van der Waals surface area contributed by atoms with Crippen LogP contribution in [0.2, 0.25) is 0 Å². The summed E-state index contributed by atoms with van der Waals surface area (Å²) in [6.45, 7) is 30.0. The predicted octanol–water partition coefficient (Wildman–Crippen LogP) is 8.57. The topological polar surface area (TPSA) is 397 Å². The van der Waals surface area contributed by atoms with Gasteiger partial charge in [0.2, 0.25) is 0 Å². The van der Waals surface area contributed by atoms with Crippen LogP contribution in [0.4, 0.5) is 0 Å². The molecule has 0 aliphatic carbocycles. The van der Waals surface area contributed by atoms with Gasteiger partial charge in [0.05, 0.1) is 82.9 Å². The van der Waals surface area contributed by atoms with Gasteiger partial charge in [-0.05, 0) is 51.4 Å². The van der Waals surface area contributed by atoms with E-state index in [2.05, 4.69) is 55.4 Å². The van der Waals surface area contributed by atoms with Gasteiger partial charge in [-0.3, -0.25) is 0 Å². The molecule has 0 saturated carbocycles. The summed E-state index contributed by atoms with van der Waals surface area (Å²) in [4.78, 5) is 49.5. The molecular formula is C32H72CeN8O18. The molecule has 0 unspecified atom stereocenters. The van der Waals surface area contributed by atoms with Crippen molar-refractivity contribution in [2.75, 3.05) is 52.4 Å². The monoisotopic (exact) mass is 996 g/mol. The van der Waals surface area contributed by atoms with Crippen LogP contribution in [-0.2, 0) is 0 Å². The minimum Gasteiger partial charge on any atom is -0.356 e. The zero-order chi connectivity index (χ0) is 47.4. The molecule has 0 amide bonds. The molecule has 0 bridgehead atoms. The van der Waals surface area contributed by atoms with Crippen molar-refractivity contribution >= 4 is 0 Å². The average Bonchev–Trinajstić information content (AvgIpc) is 3.09. The molecule has 0 aromatic carbocycles. The van der Waals surface area contributed by atoms with Gasteiger partial charge >= 0.3 is 41.7 Å². The zero-order valence-corrected chi connectivity index (χ0v) is 39.5. The number of hydrogen-bond acceptors (Lipinski definition) is 18. The standard InChI is InChI=1S/2C16H36N.Ce.6NO3/c2*1-5-9-13-17(14-10-6-2,15-11-7-3)16-12-8-4;;6*2-1(3)4/h2*5-16H2,1-4H3;;;;;;;/q2*+1;+4;6*-1. The molecule has 0 atom stereocenters. The van der Waals surface area contributed by atoms with Crippen LogP contribution in [0.25, 0.3) is 0 Å². The molecule has 0 aromatic heterocycles. The zero-order valence-electron chi connectivity index (χ0n) is 36.4. The van der Waals surface area contributed by atoms with E-state index < -0.39 is 30.5 Å². The minimum absolute atomic E-state index is 0. The summed E-state index contributed by atoms with van der Waals surface area (Å²) in [7, 11) is 0. The third-order valence-corrected chi connectivity index (χ3v) is 7.89. The second-order valence-electron chi connectivity index (χ2n) is 12.6. The van der Waals surface area contributed by atoms with Crippen LogP contribution in [0, 0.1) is 134 Å². The van der Waals surface area contributed by atoms with E-state index in [1.165, 1.54) is 164 Å². The Morgan fingerprint density at radius 3 is 0.373 bits per heavy atom. The van der Waals surface area contributed by atoms with Gasteiger partial charge in [0.15, 0.2) is 0 Å². The second kappa shape index (κ2) is 61.2. The fourth-order valence-electron chi connectivity index (χ4n) is 5.29. The van der Waals surface area contributed by atoms with E-state index in [9.17, 15) is 0 Å². The Kier molecular flexibility index (Phi) is 79.0. The molecule has 0 rings (SSSR count). The Labute approximate surface area is 381 Å². The Morgan fingerprint density at radius 1 is 0.254 bits per heavy atom. The normalized spacial score (nSPS) is 9.36. The van der Waals surface area contributed by atoms with Gasteiger partial charge in [-0.1, -0.05) is 107 Å². The van der Waals surface area contributed by atoms with Gasteiger partial charge in [0, 0.05) is 0 Å². The number of unbranched alkanes of at least 4 members (excludes halogenated alkanes) is 8. The van der Waals surface area contributed by atoms with Crippen molar-refractivity contribution in [3.63, 3.8) is 0 Å².